The summed E-state index contributed by atoms with van der Waals surface area (Å²) in [5.74, 6) is -0.796. The van der Waals surface area contributed by atoms with Crippen molar-refractivity contribution in [2.24, 2.45) is 0 Å². The second kappa shape index (κ2) is 6.03. The molecule has 0 saturated heterocycles. The van der Waals surface area contributed by atoms with Gasteiger partial charge in [-0.3, -0.25) is 4.79 Å². The predicted molar refractivity (Wildman–Crippen MR) is 57.9 cm³/mol. The summed E-state index contributed by atoms with van der Waals surface area (Å²) < 4.78 is 5.00. The highest BCUT2D eigenvalue weighted by atomic mass is 16.5. The lowest BCUT2D eigenvalue weighted by Gasteiger charge is -2.06. The van der Waals surface area contributed by atoms with Gasteiger partial charge in [-0.25, -0.2) is 0 Å². The third-order valence-electron chi connectivity index (χ3n) is 1.91. The lowest BCUT2D eigenvalue weighted by Crippen LogP contribution is -2.07. The third-order valence-corrected chi connectivity index (χ3v) is 1.91. The predicted octanol–water partition coefficient (Wildman–Crippen LogP) is 1.72. The summed E-state index contributed by atoms with van der Waals surface area (Å²) >= 11 is 0. The van der Waals surface area contributed by atoms with Gasteiger partial charge in [0.2, 0.25) is 0 Å². The van der Waals surface area contributed by atoms with Gasteiger partial charge in [-0.2, -0.15) is 0 Å². The van der Waals surface area contributed by atoms with Crippen molar-refractivity contribution in [3.8, 4) is 0 Å². The van der Waals surface area contributed by atoms with Gasteiger partial charge in [-0.15, -0.1) is 0 Å². The Morgan fingerprint density at radius 2 is 2.33 bits per heavy atom. The van der Waals surface area contributed by atoms with E-state index in [2.05, 4.69) is 5.32 Å². The average molecular weight is 209 g/mol. The SMILES string of the molecule is COCc1cccc(NCCC(=O)O)c1. The molecule has 4 heteroatoms. The minimum atomic E-state index is -0.796. The highest BCUT2D eigenvalue weighted by Gasteiger charge is 1.97. The van der Waals surface area contributed by atoms with Crippen molar-refractivity contribution in [2.45, 2.75) is 13.0 Å². The molecule has 1 aromatic carbocycles. The quantitative estimate of drug-likeness (QED) is 0.749. The van der Waals surface area contributed by atoms with E-state index in [0.717, 1.165) is 11.3 Å². The van der Waals surface area contributed by atoms with Gasteiger partial charge in [0.15, 0.2) is 0 Å². The van der Waals surface area contributed by atoms with E-state index < -0.39 is 5.97 Å². The summed E-state index contributed by atoms with van der Waals surface area (Å²) in [6.07, 6.45) is 0.120. The molecule has 0 unspecified atom stereocenters. The number of carbonyl (C=O) groups is 1. The Kier molecular flexibility index (Phi) is 4.63. The first-order valence-corrected chi connectivity index (χ1v) is 4.76. The molecule has 0 atom stereocenters. The first-order valence-electron chi connectivity index (χ1n) is 4.76. The highest BCUT2D eigenvalue weighted by molar-refractivity contribution is 5.67. The molecule has 4 nitrogen and oxygen atoms in total. The van der Waals surface area contributed by atoms with Gasteiger partial charge in [0.1, 0.15) is 0 Å². The molecule has 0 radical (unpaired) electrons. The Balaban J connectivity index is 2.46. The van der Waals surface area contributed by atoms with Gasteiger partial charge < -0.3 is 15.2 Å². The van der Waals surface area contributed by atoms with Crippen LogP contribution in [-0.2, 0) is 16.1 Å². The molecule has 0 bridgehead atoms. The largest absolute Gasteiger partial charge is 0.481 e. The van der Waals surface area contributed by atoms with Crippen LogP contribution in [0.1, 0.15) is 12.0 Å². The van der Waals surface area contributed by atoms with Crippen molar-refractivity contribution < 1.29 is 14.6 Å². The van der Waals surface area contributed by atoms with Crippen LogP contribution in [0.15, 0.2) is 24.3 Å². The molecule has 0 heterocycles. The fourth-order valence-corrected chi connectivity index (χ4v) is 1.25. The number of anilines is 1. The Labute approximate surface area is 88.9 Å². The van der Waals surface area contributed by atoms with E-state index in [-0.39, 0.29) is 6.42 Å². The monoisotopic (exact) mass is 209 g/mol. The maximum Gasteiger partial charge on any atom is 0.305 e. The Hall–Kier alpha value is -1.55. The van der Waals surface area contributed by atoms with Gasteiger partial charge >= 0.3 is 5.97 Å². The van der Waals surface area contributed by atoms with E-state index in [1.807, 2.05) is 24.3 Å². The van der Waals surface area contributed by atoms with Crippen molar-refractivity contribution in [1.29, 1.82) is 0 Å². The van der Waals surface area contributed by atoms with Crippen molar-refractivity contribution in [2.75, 3.05) is 19.0 Å². The van der Waals surface area contributed by atoms with E-state index in [4.69, 9.17) is 9.84 Å². The molecule has 15 heavy (non-hydrogen) atoms. The van der Waals surface area contributed by atoms with Crippen LogP contribution in [0.3, 0.4) is 0 Å². The second-order valence-corrected chi connectivity index (χ2v) is 3.20. The van der Waals surface area contributed by atoms with Gasteiger partial charge in [-0.1, -0.05) is 12.1 Å². The lowest BCUT2D eigenvalue weighted by molar-refractivity contribution is -0.136. The molecule has 1 rings (SSSR count). The molecule has 82 valence electrons. The minimum absolute atomic E-state index is 0.120. The number of hydrogen-bond acceptors (Lipinski definition) is 3. The number of carboxylic acids is 1. The Bertz CT molecular complexity index is 325. The van der Waals surface area contributed by atoms with E-state index in [9.17, 15) is 4.79 Å². The van der Waals surface area contributed by atoms with E-state index in [1.54, 1.807) is 7.11 Å². The van der Waals surface area contributed by atoms with Gasteiger partial charge in [0.25, 0.3) is 0 Å². The normalized spacial score (nSPS) is 9.93. The fourth-order valence-electron chi connectivity index (χ4n) is 1.25. The summed E-state index contributed by atoms with van der Waals surface area (Å²) in [6.45, 7) is 1.00. The summed E-state index contributed by atoms with van der Waals surface area (Å²) in [7, 11) is 1.64. The van der Waals surface area contributed by atoms with Gasteiger partial charge in [0, 0.05) is 19.3 Å². The van der Waals surface area contributed by atoms with E-state index in [1.165, 1.54) is 0 Å². The van der Waals surface area contributed by atoms with Gasteiger partial charge in [0.05, 0.1) is 13.0 Å². The third kappa shape index (κ3) is 4.46. The second-order valence-electron chi connectivity index (χ2n) is 3.20. The summed E-state index contributed by atoms with van der Waals surface area (Å²) in [5, 5.41) is 11.5. The molecular weight excluding hydrogens is 194 g/mol. The van der Waals surface area contributed by atoms with Gasteiger partial charge in [-0.05, 0) is 17.7 Å². The smallest absolute Gasteiger partial charge is 0.305 e. The molecule has 0 aliphatic rings. The zero-order valence-corrected chi connectivity index (χ0v) is 8.69. The minimum Gasteiger partial charge on any atom is -0.481 e. The summed E-state index contributed by atoms with van der Waals surface area (Å²) in [5.41, 5.74) is 1.99. The van der Waals surface area contributed by atoms with E-state index in [0.29, 0.717) is 13.2 Å². The number of aliphatic carboxylic acids is 1. The number of ether oxygens (including phenoxy) is 1. The molecule has 0 aliphatic heterocycles. The molecule has 0 amide bonds. The van der Waals surface area contributed by atoms with Crippen LogP contribution in [0, 0.1) is 0 Å². The zero-order valence-electron chi connectivity index (χ0n) is 8.69. The fraction of sp³-hybridized carbons (Fsp3) is 0.364. The molecule has 2 N–H and O–H groups in total. The number of nitrogens with one attached hydrogen (secondary N) is 1. The zero-order chi connectivity index (χ0) is 11.1. The van der Waals surface area contributed by atoms with Crippen LogP contribution in [0.2, 0.25) is 0 Å². The van der Waals surface area contributed by atoms with Crippen molar-refractivity contribution >= 4 is 11.7 Å². The standard InChI is InChI=1S/C11H15NO3/c1-15-8-9-3-2-4-10(7-9)12-6-5-11(13)14/h2-4,7,12H,5-6,8H2,1H3,(H,13,14). The van der Waals surface area contributed by atoms with Crippen LogP contribution in [0.5, 0.6) is 0 Å². The van der Waals surface area contributed by atoms with Crippen molar-refractivity contribution in [3.63, 3.8) is 0 Å². The maximum atomic E-state index is 10.3. The van der Waals surface area contributed by atoms with Crippen LogP contribution in [0.4, 0.5) is 5.69 Å². The molecular formula is C11H15NO3. The Morgan fingerprint density at radius 3 is 3.00 bits per heavy atom. The topological polar surface area (TPSA) is 58.6 Å². The number of hydrogen-bond donors (Lipinski definition) is 2. The van der Waals surface area contributed by atoms with Crippen LogP contribution >= 0.6 is 0 Å². The van der Waals surface area contributed by atoms with Crippen molar-refractivity contribution in [3.05, 3.63) is 29.8 Å². The average Bonchev–Trinajstić information content (AvgIpc) is 2.18. The highest BCUT2D eigenvalue weighted by Crippen LogP contribution is 2.11. The summed E-state index contributed by atoms with van der Waals surface area (Å²) in [4.78, 5) is 10.3. The molecule has 1 aromatic rings. The first-order chi connectivity index (χ1) is 7.22. The number of carboxylic acid groups (broad SMARTS) is 1. The molecule has 0 aromatic heterocycles. The van der Waals surface area contributed by atoms with E-state index >= 15 is 0 Å². The maximum absolute atomic E-state index is 10.3. The number of methoxy groups -OCH3 is 1. The van der Waals surface area contributed by atoms with Crippen LogP contribution in [-0.4, -0.2) is 24.7 Å². The number of rotatable bonds is 6. The first kappa shape index (κ1) is 11.5. The molecule has 0 saturated carbocycles. The molecule has 0 aliphatic carbocycles. The molecule has 0 fully saturated rings. The number of benzene rings is 1. The van der Waals surface area contributed by atoms with Crippen LogP contribution in [0.25, 0.3) is 0 Å². The van der Waals surface area contributed by atoms with Crippen molar-refractivity contribution in [1.82, 2.24) is 0 Å². The summed E-state index contributed by atoms with van der Waals surface area (Å²) in [6, 6.07) is 7.73. The van der Waals surface area contributed by atoms with Crippen LogP contribution < -0.4 is 5.32 Å². The Morgan fingerprint density at radius 1 is 1.53 bits per heavy atom. The lowest BCUT2D eigenvalue weighted by atomic mass is 10.2. The molecule has 0 spiro atoms.